The summed E-state index contributed by atoms with van der Waals surface area (Å²) in [6.07, 6.45) is 4.06. The number of likely N-dealkylation sites (tertiary alicyclic amines) is 2. The molecule has 2 fully saturated rings. The molecular formula is C46H56Br2N6O8. The van der Waals surface area contributed by atoms with E-state index in [0.29, 0.717) is 26.3 Å². The fourth-order valence-electron chi connectivity index (χ4n) is 9.03. The Morgan fingerprint density at radius 3 is 1.35 bits per heavy atom. The van der Waals surface area contributed by atoms with Gasteiger partial charge in [-0.25, -0.2) is 9.59 Å². The summed E-state index contributed by atoms with van der Waals surface area (Å²) in [6.45, 7) is 10.3. The molecular weight excluding hydrogens is 924 g/mol. The van der Waals surface area contributed by atoms with Gasteiger partial charge in [-0.15, -0.1) is 0 Å². The van der Waals surface area contributed by atoms with Gasteiger partial charge in [0.25, 0.3) is 0 Å². The number of hydrogen-bond acceptors (Lipinski definition) is 8. The summed E-state index contributed by atoms with van der Waals surface area (Å²) < 4.78 is 23.5. The Hall–Kier alpha value is -4.96. The molecule has 8 rings (SSSR count). The lowest BCUT2D eigenvalue weighted by Gasteiger charge is -2.30. The number of amides is 4. The number of aromatic nitrogens is 2. The average molecular weight is 981 g/mol. The van der Waals surface area contributed by atoms with Crippen LogP contribution in [0.15, 0.2) is 57.5 Å². The predicted molar refractivity (Wildman–Crippen MR) is 242 cm³/mol. The van der Waals surface area contributed by atoms with Crippen molar-refractivity contribution in [3.05, 3.63) is 80.0 Å². The topological polar surface area (TPSA) is 167 Å². The van der Waals surface area contributed by atoms with Gasteiger partial charge in [0.05, 0.1) is 50.9 Å². The fraction of sp³-hybridized carbons (Fsp3) is 0.478. The third-order valence-corrected chi connectivity index (χ3v) is 13.2. The maximum Gasteiger partial charge on any atom is 0.407 e. The van der Waals surface area contributed by atoms with Gasteiger partial charge in [0, 0.05) is 68.5 Å². The van der Waals surface area contributed by atoms with Crippen LogP contribution in [0.1, 0.15) is 88.0 Å². The van der Waals surface area contributed by atoms with E-state index in [9.17, 15) is 19.2 Å². The van der Waals surface area contributed by atoms with Gasteiger partial charge in [-0.3, -0.25) is 9.59 Å². The van der Waals surface area contributed by atoms with Gasteiger partial charge < -0.3 is 49.3 Å². The Bertz CT molecular complexity index is 2100. The third kappa shape index (κ3) is 9.36. The average Bonchev–Trinajstić information content (AvgIpc) is 4.12. The summed E-state index contributed by atoms with van der Waals surface area (Å²) in [5.41, 5.74) is 8.44. The van der Waals surface area contributed by atoms with Gasteiger partial charge in [0.2, 0.25) is 11.8 Å². The Labute approximate surface area is 379 Å². The molecule has 0 radical (unpaired) electrons. The number of carbonyl (C=O) groups is 4. The second kappa shape index (κ2) is 19.6. The van der Waals surface area contributed by atoms with Crippen LogP contribution in [-0.2, 0) is 31.9 Å². The lowest BCUT2D eigenvalue weighted by Crippen LogP contribution is -2.51. The van der Waals surface area contributed by atoms with Crippen LogP contribution >= 0.6 is 31.9 Å². The fourth-order valence-corrected chi connectivity index (χ4v) is 9.56. The first-order valence-corrected chi connectivity index (χ1v) is 23.0. The highest BCUT2D eigenvalue weighted by Crippen LogP contribution is 2.46. The summed E-state index contributed by atoms with van der Waals surface area (Å²) >= 11 is 6.97. The number of fused-ring (bicyclic) bond motifs is 2. The highest BCUT2D eigenvalue weighted by atomic mass is 79.9. The lowest BCUT2D eigenvalue weighted by atomic mass is 10.0. The number of benzene rings is 2. The van der Waals surface area contributed by atoms with Gasteiger partial charge >= 0.3 is 12.2 Å². The molecule has 332 valence electrons. The summed E-state index contributed by atoms with van der Waals surface area (Å²) in [4.78, 5) is 61.5. The molecule has 2 saturated heterocycles. The van der Waals surface area contributed by atoms with E-state index in [-0.39, 0.29) is 35.7 Å². The zero-order valence-corrected chi connectivity index (χ0v) is 39.2. The Kier molecular flexibility index (Phi) is 14.3. The minimum atomic E-state index is -0.627. The number of nitrogens with zero attached hydrogens (tertiary/aromatic N) is 2. The number of carbonyl (C=O) groups excluding carboxylic acids is 4. The van der Waals surface area contributed by atoms with Crippen molar-refractivity contribution < 1.29 is 38.1 Å². The molecule has 0 unspecified atom stereocenters. The Morgan fingerprint density at radius 2 is 1.02 bits per heavy atom. The van der Waals surface area contributed by atoms with Crippen molar-refractivity contribution in [1.29, 1.82) is 0 Å². The van der Waals surface area contributed by atoms with Crippen LogP contribution in [0, 0.1) is 11.8 Å². The maximum absolute atomic E-state index is 13.4. The molecule has 0 saturated carbocycles. The number of aromatic amines is 2. The highest BCUT2D eigenvalue weighted by molar-refractivity contribution is 9.10. The zero-order chi connectivity index (χ0) is 44.2. The standard InChI is InChI=1S/2C23H28BrN3O4/c2*1-13(2)18(26-23(29)30-3)22(28)27-11-4-5-17(27)20-16-10-12-31-21(16)19(25-20)14-6-8-15(24)9-7-14/h2*6-9,13,17-18,25H,4-5,10-12H2,1-3H3,(H,26,29)/t17-,18+;17-,18-/m10/s1. The molecule has 2 aromatic heterocycles. The molecule has 6 heterocycles. The van der Waals surface area contributed by atoms with Crippen LogP contribution in [0.4, 0.5) is 9.59 Å². The summed E-state index contributed by atoms with van der Waals surface area (Å²) in [6, 6.07) is 14.9. The molecule has 4 atom stereocenters. The van der Waals surface area contributed by atoms with E-state index in [0.717, 1.165) is 104 Å². The number of ether oxygens (including phenoxy) is 4. The highest BCUT2D eigenvalue weighted by Gasteiger charge is 2.41. The molecule has 16 heteroatoms. The van der Waals surface area contributed by atoms with Gasteiger partial charge in [-0.2, -0.15) is 0 Å². The van der Waals surface area contributed by atoms with Gasteiger partial charge in [-0.05, 0) is 61.8 Å². The monoisotopic (exact) mass is 978 g/mol. The van der Waals surface area contributed by atoms with Crippen molar-refractivity contribution in [3.8, 4) is 34.0 Å². The van der Waals surface area contributed by atoms with Crippen molar-refractivity contribution in [3.63, 3.8) is 0 Å². The van der Waals surface area contributed by atoms with Crippen molar-refractivity contribution >= 4 is 55.9 Å². The summed E-state index contributed by atoms with van der Waals surface area (Å²) in [5, 5.41) is 5.42. The van der Waals surface area contributed by atoms with Gasteiger partial charge in [0.1, 0.15) is 23.6 Å². The van der Waals surface area contributed by atoms with E-state index in [4.69, 9.17) is 18.9 Å². The van der Waals surface area contributed by atoms with Crippen molar-refractivity contribution in [2.24, 2.45) is 11.8 Å². The van der Waals surface area contributed by atoms with E-state index in [1.54, 1.807) is 0 Å². The SMILES string of the molecule is COC(=O)N[C@H](C(=O)N1CCC[C@@H]1c1[nH]c(-c2ccc(Br)cc2)c2c1CCO2)C(C)C.COC(=O)N[C@H](C(=O)N1CCC[C@H]1c1[nH]c(-c2ccc(Br)cc2)c2c1CCO2)C(C)C. The summed E-state index contributed by atoms with van der Waals surface area (Å²) in [7, 11) is 2.61. The van der Waals surface area contributed by atoms with Crippen LogP contribution in [0.25, 0.3) is 22.5 Å². The van der Waals surface area contributed by atoms with Crippen molar-refractivity contribution in [1.82, 2.24) is 30.4 Å². The number of nitrogens with one attached hydrogen (secondary N) is 4. The molecule has 4 aliphatic heterocycles. The predicted octanol–water partition coefficient (Wildman–Crippen LogP) is 8.85. The van der Waals surface area contributed by atoms with Crippen molar-refractivity contribution in [2.45, 2.75) is 90.4 Å². The van der Waals surface area contributed by atoms with E-state index < -0.39 is 24.3 Å². The van der Waals surface area contributed by atoms with Gasteiger partial charge in [0.15, 0.2) is 0 Å². The van der Waals surface area contributed by atoms with E-state index >= 15 is 0 Å². The first-order chi connectivity index (χ1) is 29.8. The molecule has 62 heavy (non-hydrogen) atoms. The number of halogens is 2. The van der Waals surface area contributed by atoms with Crippen LogP contribution in [0.5, 0.6) is 11.5 Å². The number of alkyl carbamates (subject to hydrolysis) is 2. The lowest BCUT2D eigenvalue weighted by molar-refractivity contribution is -0.136. The normalized spacial score (nSPS) is 18.6. The number of hydrogen-bond donors (Lipinski definition) is 4. The van der Waals surface area contributed by atoms with E-state index in [2.05, 4.69) is 52.5 Å². The Morgan fingerprint density at radius 1 is 0.645 bits per heavy atom. The second-order valence-electron chi connectivity index (χ2n) is 16.7. The molecule has 4 N–H and O–H groups in total. The minimum absolute atomic E-state index is 0.0520. The van der Waals surface area contributed by atoms with Crippen LogP contribution in [-0.4, -0.2) is 96.4 Å². The maximum atomic E-state index is 13.4. The summed E-state index contributed by atoms with van der Waals surface area (Å²) in [5.74, 6) is 1.54. The molecule has 4 aromatic rings. The first-order valence-electron chi connectivity index (χ1n) is 21.4. The zero-order valence-electron chi connectivity index (χ0n) is 36.1. The molecule has 0 spiro atoms. The molecule has 2 aromatic carbocycles. The van der Waals surface area contributed by atoms with Crippen molar-refractivity contribution in [2.75, 3.05) is 40.5 Å². The number of H-pyrrole nitrogens is 2. The minimum Gasteiger partial charge on any atom is -0.491 e. The third-order valence-electron chi connectivity index (χ3n) is 12.2. The van der Waals surface area contributed by atoms with E-state index in [1.807, 2.05) is 86.0 Å². The second-order valence-corrected chi connectivity index (χ2v) is 18.6. The number of rotatable bonds is 10. The quantitative estimate of drug-likeness (QED) is 0.122. The van der Waals surface area contributed by atoms with E-state index in [1.165, 1.54) is 14.2 Å². The van der Waals surface area contributed by atoms with Gasteiger partial charge in [-0.1, -0.05) is 83.8 Å². The molecule has 14 nitrogen and oxygen atoms in total. The van der Waals surface area contributed by atoms with Crippen LogP contribution in [0.3, 0.4) is 0 Å². The smallest absolute Gasteiger partial charge is 0.407 e. The molecule has 4 aliphatic rings. The molecule has 0 aliphatic carbocycles. The van der Waals surface area contributed by atoms with Crippen LogP contribution in [0.2, 0.25) is 0 Å². The molecule has 4 amide bonds. The Balaban J connectivity index is 0.000000186. The largest absolute Gasteiger partial charge is 0.491 e. The number of methoxy groups -OCH3 is 2. The van der Waals surface area contributed by atoms with Crippen LogP contribution < -0.4 is 20.1 Å². The first kappa shape index (κ1) is 45.1. The molecule has 0 bridgehead atoms.